The van der Waals surface area contributed by atoms with Crippen molar-refractivity contribution >= 4 is 7.79 Å². The Morgan fingerprint density at radius 1 is 1.18 bits per heavy atom. The van der Waals surface area contributed by atoms with Crippen LogP contribution in [-0.2, 0) is 0 Å². The normalized spacial score (nSPS) is 18.0. The van der Waals surface area contributed by atoms with Crippen molar-refractivity contribution in [3.8, 4) is 0 Å². The Labute approximate surface area is 70.1 Å². The highest BCUT2D eigenvalue weighted by Gasteiger charge is 2.37. The highest BCUT2D eigenvalue weighted by Crippen LogP contribution is 2.48. The Kier molecular flexibility index (Phi) is 3.92. The van der Waals surface area contributed by atoms with Gasteiger partial charge in [0.2, 0.25) is 0 Å². The standard InChI is InChI=1S/C7H20N2OP/c1-6(2)9(7(3)4)11(5,8)10/h6-7,10H,8H2,1-5H3/q+1. The molecule has 0 aliphatic heterocycles. The summed E-state index contributed by atoms with van der Waals surface area (Å²) < 4.78 is 1.97. The molecular formula is C7H20N2OP+. The summed E-state index contributed by atoms with van der Waals surface area (Å²) in [6, 6.07) is 0.617. The van der Waals surface area contributed by atoms with Crippen molar-refractivity contribution in [2.45, 2.75) is 39.8 Å². The molecule has 0 saturated heterocycles. The summed E-state index contributed by atoms with van der Waals surface area (Å²) in [5.41, 5.74) is 5.67. The third-order valence-corrected chi connectivity index (χ3v) is 3.38. The molecule has 0 aromatic heterocycles. The largest absolute Gasteiger partial charge is 0.278 e. The second kappa shape index (κ2) is 3.81. The average molecular weight is 179 g/mol. The molecule has 0 aliphatic rings. The summed E-state index contributed by atoms with van der Waals surface area (Å²) >= 11 is 0. The quantitative estimate of drug-likeness (QED) is 0.645. The zero-order valence-electron chi connectivity index (χ0n) is 8.07. The molecule has 68 valence electrons. The fourth-order valence-electron chi connectivity index (χ4n) is 1.53. The van der Waals surface area contributed by atoms with E-state index in [2.05, 4.69) is 0 Å². The van der Waals surface area contributed by atoms with Crippen molar-refractivity contribution in [3.05, 3.63) is 0 Å². The fourth-order valence-corrected chi connectivity index (χ4v) is 3.40. The molecule has 0 fully saturated rings. The zero-order chi connectivity index (χ0) is 9.23. The molecule has 1 atom stereocenters. The summed E-state index contributed by atoms with van der Waals surface area (Å²) in [7, 11) is -2.30. The molecule has 0 spiro atoms. The Hall–Kier alpha value is 0.310. The lowest BCUT2D eigenvalue weighted by atomic mass is 10.3. The summed E-state index contributed by atoms with van der Waals surface area (Å²) in [6.07, 6.45) is 0. The van der Waals surface area contributed by atoms with E-state index in [0.29, 0.717) is 12.1 Å². The highest BCUT2D eigenvalue weighted by atomic mass is 31.2. The van der Waals surface area contributed by atoms with E-state index in [4.69, 9.17) is 5.50 Å². The van der Waals surface area contributed by atoms with Gasteiger partial charge in [-0.05, 0) is 27.7 Å². The Morgan fingerprint density at radius 2 is 1.45 bits per heavy atom. The van der Waals surface area contributed by atoms with Crippen LogP contribution in [0.15, 0.2) is 0 Å². The first-order chi connectivity index (χ1) is 4.76. The topological polar surface area (TPSA) is 49.5 Å². The third-order valence-electron chi connectivity index (χ3n) is 1.53. The first kappa shape index (κ1) is 11.3. The number of hydrogen-bond donors (Lipinski definition) is 2. The molecule has 0 heterocycles. The van der Waals surface area contributed by atoms with Crippen molar-refractivity contribution < 1.29 is 4.89 Å². The van der Waals surface area contributed by atoms with E-state index in [1.54, 1.807) is 6.66 Å². The molecule has 0 amide bonds. The second-order valence-electron chi connectivity index (χ2n) is 3.55. The lowest BCUT2D eigenvalue weighted by Gasteiger charge is -2.31. The molecule has 0 rings (SSSR count). The molecule has 0 bridgehead atoms. The van der Waals surface area contributed by atoms with Crippen LogP contribution in [0.4, 0.5) is 0 Å². The number of hydrogen-bond acceptors (Lipinski definition) is 3. The molecular weight excluding hydrogens is 159 g/mol. The minimum atomic E-state index is -2.30. The molecule has 0 aliphatic carbocycles. The van der Waals surface area contributed by atoms with Crippen molar-refractivity contribution in [3.63, 3.8) is 0 Å². The number of rotatable bonds is 3. The van der Waals surface area contributed by atoms with Gasteiger partial charge in [-0.15, -0.1) is 4.67 Å². The van der Waals surface area contributed by atoms with Crippen molar-refractivity contribution in [2.24, 2.45) is 5.50 Å². The highest BCUT2D eigenvalue weighted by molar-refractivity contribution is 7.64. The first-order valence-electron chi connectivity index (χ1n) is 3.93. The van der Waals surface area contributed by atoms with Gasteiger partial charge in [0.25, 0.3) is 7.79 Å². The van der Waals surface area contributed by atoms with Crippen LogP contribution in [0.1, 0.15) is 27.7 Å². The van der Waals surface area contributed by atoms with Gasteiger partial charge in [-0.1, -0.05) is 0 Å². The van der Waals surface area contributed by atoms with E-state index in [-0.39, 0.29) is 0 Å². The van der Waals surface area contributed by atoms with Crippen LogP contribution in [0.5, 0.6) is 0 Å². The van der Waals surface area contributed by atoms with Gasteiger partial charge in [0.15, 0.2) is 0 Å². The molecule has 3 nitrogen and oxygen atoms in total. The molecule has 0 aromatic rings. The van der Waals surface area contributed by atoms with E-state index >= 15 is 0 Å². The summed E-state index contributed by atoms with van der Waals surface area (Å²) in [5, 5.41) is 0. The fraction of sp³-hybridized carbons (Fsp3) is 1.00. The maximum atomic E-state index is 9.63. The van der Waals surface area contributed by atoms with Gasteiger partial charge in [-0.25, -0.2) is 4.89 Å². The van der Waals surface area contributed by atoms with Crippen molar-refractivity contribution in [2.75, 3.05) is 6.66 Å². The summed E-state index contributed by atoms with van der Waals surface area (Å²) in [6.45, 7) is 9.89. The lowest BCUT2D eigenvalue weighted by molar-refractivity contribution is 0.287. The van der Waals surface area contributed by atoms with E-state index in [1.165, 1.54) is 0 Å². The van der Waals surface area contributed by atoms with Crippen LogP contribution in [0.25, 0.3) is 0 Å². The minimum absolute atomic E-state index is 0.309. The van der Waals surface area contributed by atoms with Crippen molar-refractivity contribution in [1.29, 1.82) is 0 Å². The van der Waals surface area contributed by atoms with E-state index in [1.807, 2.05) is 32.4 Å². The molecule has 4 heteroatoms. The first-order valence-corrected chi connectivity index (χ1v) is 6.14. The number of nitrogens with two attached hydrogens (primary N) is 1. The van der Waals surface area contributed by atoms with Crippen LogP contribution in [0, 0.1) is 0 Å². The van der Waals surface area contributed by atoms with E-state index in [0.717, 1.165) is 0 Å². The van der Waals surface area contributed by atoms with Crippen LogP contribution in [0.3, 0.4) is 0 Å². The SMILES string of the molecule is CC(C)N(C(C)C)[P+](C)(N)O. The van der Waals surface area contributed by atoms with Crippen LogP contribution in [0.2, 0.25) is 0 Å². The molecule has 1 unspecified atom stereocenters. The van der Waals surface area contributed by atoms with Gasteiger partial charge in [0.1, 0.15) is 6.66 Å². The maximum absolute atomic E-state index is 9.63. The van der Waals surface area contributed by atoms with Gasteiger partial charge in [-0.3, -0.25) is 0 Å². The summed E-state index contributed by atoms with van der Waals surface area (Å²) in [5.74, 6) is 0. The Morgan fingerprint density at radius 3 is 1.45 bits per heavy atom. The van der Waals surface area contributed by atoms with Gasteiger partial charge in [-0.2, -0.15) is 5.50 Å². The van der Waals surface area contributed by atoms with Crippen molar-refractivity contribution in [1.82, 2.24) is 4.67 Å². The Balaban J connectivity index is 4.35. The van der Waals surface area contributed by atoms with E-state index in [9.17, 15) is 4.89 Å². The lowest BCUT2D eigenvalue weighted by Crippen LogP contribution is -2.39. The predicted molar refractivity (Wildman–Crippen MR) is 51.4 cm³/mol. The van der Waals surface area contributed by atoms with Gasteiger partial charge >= 0.3 is 0 Å². The maximum Gasteiger partial charge on any atom is 0.278 e. The molecule has 0 aromatic carbocycles. The Bertz CT molecular complexity index is 112. The zero-order valence-corrected chi connectivity index (χ0v) is 8.97. The monoisotopic (exact) mass is 179 g/mol. The number of nitrogens with zero attached hydrogens (tertiary/aromatic N) is 1. The van der Waals surface area contributed by atoms with Crippen LogP contribution >= 0.6 is 7.79 Å². The average Bonchev–Trinajstić information content (AvgIpc) is 1.54. The van der Waals surface area contributed by atoms with Gasteiger partial charge in [0.05, 0.1) is 0 Å². The minimum Gasteiger partial charge on any atom is -0.214 e. The van der Waals surface area contributed by atoms with Gasteiger partial charge < -0.3 is 0 Å². The van der Waals surface area contributed by atoms with E-state index < -0.39 is 7.79 Å². The second-order valence-corrected chi connectivity index (χ2v) is 5.97. The molecule has 0 saturated carbocycles. The van der Waals surface area contributed by atoms with Gasteiger partial charge in [0, 0.05) is 12.1 Å². The molecule has 3 N–H and O–H groups in total. The predicted octanol–water partition coefficient (Wildman–Crippen LogP) is 1.45. The summed E-state index contributed by atoms with van der Waals surface area (Å²) in [4.78, 5) is 9.63. The molecule has 11 heavy (non-hydrogen) atoms. The van der Waals surface area contributed by atoms with Crippen LogP contribution < -0.4 is 5.50 Å². The molecule has 0 radical (unpaired) electrons. The van der Waals surface area contributed by atoms with Crippen LogP contribution in [-0.4, -0.2) is 28.3 Å². The smallest absolute Gasteiger partial charge is 0.214 e. The third kappa shape index (κ3) is 3.48.